The summed E-state index contributed by atoms with van der Waals surface area (Å²) in [5.41, 5.74) is 0.368. The molecule has 8 heteroatoms. The maximum absolute atomic E-state index is 11.5. The topological polar surface area (TPSA) is 86.1 Å². The van der Waals surface area contributed by atoms with Gasteiger partial charge in [0.15, 0.2) is 0 Å². The van der Waals surface area contributed by atoms with Crippen LogP contribution in [-0.2, 0) is 10.0 Å². The summed E-state index contributed by atoms with van der Waals surface area (Å²) in [5.74, 6) is 0.323. The Labute approximate surface area is 111 Å². The Morgan fingerprint density at radius 1 is 1.50 bits per heavy atom. The number of halogens is 1. The zero-order valence-electron chi connectivity index (χ0n) is 10.0. The van der Waals surface area contributed by atoms with Gasteiger partial charge in [0, 0.05) is 20.6 Å². The van der Waals surface area contributed by atoms with Gasteiger partial charge in [-0.1, -0.05) is 11.6 Å². The molecule has 0 aromatic carbocycles. The maximum Gasteiger partial charge on any atom is 0.215 e. The van der Waals surface area contributed by atoms with E-state index in [1.807, 2.05) is 6.07 Å². The number of anilines is 1. The maximum atomic E-state index is 11.5. The fraction of sp³-hybridized carbons (Fsp3) is 0.400. The Bertz CT molecular complexity index is 566. The second-order valence-electron chi connectivity index (χ2n) is 3.70. The molecule has 0 bridgehead atoms. The molecular formula is C10H13ClN4O2S. The summed E-state index contributed by atoms with van der Waals surface area (Å²) in [5, 5.41) is 11.8. The highest BCUT2D eigenvalue weighted by atomic mass is 35.5. The van der Waals surface area contributed by atoms with E-state index >= 15 is 0 Å². The van der Waals surface area contributed by atoms with Crippen LogP contribution in [0.3, 0.4) is 0 Å². The smallest absolute Gasteiger partial charge is 0.215 e. The Hall–Kier alpha value is -1.36. The van der Waals surface area contributed by atoms with E-state index in [0.29, 0.717) is 11.4 Å². The highest BCUT2D eigenvalue weighted by Gasteiger charge is 2.12. The van der Waals surface area contributed by atoms with Gasteiger partial charge in [-0.2, -0.15) is 5.26 Å². The Balaban J connectivity index is 2.66. The lowest BCUT2D eigenvalue weighted by molar-refractivity contribution is 0.521. The van der Waals surface area contributed by atoms with Crippen molar-refractivity contribution in [3.05, 3.63) is 22.8 Å². The van der Waals surface area contributed by atoms with Crippen LogP contribution in [0.15, 0.2) is 12.1 Å². The number of nitrogens with one attached hydrogen (secondary N) is 1. The van der Waals surface area contributed by atoms with Crippen molar-refractivity contribution >= 4 is 27.4 Å². The molecule has 0 saturated carbocycles. The van der Waals surface area contributed by atoms with Gasteiger partial charge < -0.3 is 5.32 Å². The Morgan fingerprint density at radius 2 is 2.17 bits per heavy atom. The van der Waals surface area contributed by atoms with Crippen molar-refractivity contribution in [1.82, 2.24) is 9.29 Å². The van der Waals surface area contributed by atoms with Crippen LogP contribution < -0.4 is 5.32 Å². The average molecular weight is 289 g/mol. The van der Waals surface area contributed by atoms with Crippen LogP contribution in [-0.4, -0.2) is 44.1 Å². The average Bonchev–Trinajstić information content (AvgIpc) is 2.27. The third-order valence-electron chi connectivity index (χ3n) is 2.15. The molecule has 0 fully saturated rings. The van der Waals surface area contributed by atoms with Crippen LogP contribution in [0.2, 0.25) is 5.15 Å². The lowest BCUT2D eigenvalue weighted by atomic mass is 10.3. The molecule has 0 spiro atoms. The lowest BCUT2D eigenvalue weighted by Gasteiger charge is -2.11. The van der Waals surface area contributed by atoms with Crippen LogP contribution in [0.1, 0.15) is 5.56 Å². The van der Waals surface area contributed by atoms with Gasteiger partial charge in [-0.25, -0.2) is 17.7 Å². The molecule has 1 aromatic heterocycles. The van der Waals surface area contributed by atoms with Gasteiger partial charge in [0.25, 0.3) is 0 Å². The number of hydrogen-bond acceptors (Lipinski definition) is 5. The number of aromatic nitrogens is 1. The normalized spacial score (nSPS) is 11.3. The van der Waals surface area contributed by atoms with E-state index in [9.17, 15) is 8.42 Å². The summed E-state index contributed by atoms with van der Waals surface area (Å²) in [7, 11) is -0.303. The quantitative estimate of drug-likeness (QED) is 0.814. The van der Waals surface area contributed by atoms with Crippen molar-refractivity contribution in [3.63, 3.8) is 0 Å². The summed E-state index contributed by atoms with van der Waals surface area (Å²) in [6.07, 6.45) is 0. The third-order valence-corrected chi connectivity index (χ3v) is 4.17. The van der Waals surface area contributed by atoms with Gasteiger partial charge in [-0.15, -0.1) is 0 Å². The van der Waals surface area contributed by atoms with E-state index in [1.54, 1.807) is 0 Å². The SMILES string of the molecule is CN(C)S(=O)(=O)CCNc1cc(C#N)cc(Cl)n1. The van der Waals surface area contributed by atoms with Gasteiger partial charge in [-0.05, 0) is 12.1 Å². The summed E-state index contributed by atoms with van der Waals surface area (Å²) in [6, 6.07) is 4.88. The molecule has 0 atom stereocenters. The van der Waals surface area contributed by atoms with Crippen molar-refractivity contribution < 1.29 is 8.42 Å². The number of nitriles is 1. The predicted octanol–water partition coefficient (Wildman–Crippen LogP) is 0.910. The molecule has 0 amide bonds. The number of pyridine rings is 1. The minimum absolute atomic E-state index is 0.0594. The molecule has 1 heterocycles. The van der Waals surface area contributed by atoms with Crippen LogP contribution in [0, 0.1) is 11.3 Å². The van der Waals surface area contributed by atoms with E-state index in [2.05, 4.69) is 10.3 Å². The second kappa shape index (κ2) is 6.00. The number of nitrogens with zero attached hydrogens (tertiary/aromatic N) is 3. The first kappa shape index (κ1) is 14.7. The van der Waals surface area contributed by atoms with E-state index in [4.69, 9.17) is 16.9 Å². The van der Waals surface area contributed by atoms with Crippen molar-refractivity contribution in [1.29, 1.82) is 5.26 Å². The van der Waals surface area contributed by atoms with Crippen LogP contribution >= 0.6 is 11.6 Å². The van der Waals surface area contributed by atoms with Crippen molar-refractivity contribution in [2.45, 2.75) is 0 Å². The molecule has 1 N–H and O–H groups in total. The highest BCUT2D eigenvalue weighted by Crippen LogP contribution is 2.13. The van der Waals surface area contributed by atoms with Gasteiger partial charge in [0.2, 0.25) is 10.0 Å². The van der Waals surface area contributed by atoms with Crippen molar-refractivity contribution in [2.24, 2.45) is 0 Å². The molecule has 0 unspecified atom stereocenters. The summed E-state index contributed by atoms with van der Waals surface area (Å²) >= 11 is 5.72. The van der Waals surface area contributed by atoms with E-state index in [1.165, 1.54) is 26.2 Å². The van der Waals surface area contributed by atoms with Crippen molar-refractivity contribution in [3.8, 4) is 6.07 Å². The van der Waals surface area contributed by atoms with E-state index in [0.717, 1.165) is 4.31 Å². The summed E-state index contributed by atoms with van der Waals surface area (Å²) < 4.78 is 24.1. The molecule has 0 aliphatic rings. The third kappa shape index (κ3) is 4.14. The van der Waals surface area contributed by atoms with Crippen LogP contribution in [0.5, 0.6) is 0 Å². The molecule has 0 saturated heterocycles. The molecular weight excluding hydrogens is 276 g/mol. The minimum Gasteiger partial charge on any atom is -0.369 e. The Morgan fingerprint density at radius 3 is 2.72 bits per heavy atom. The van der Waals surface area contributed by atoms with Crippen LogP contribution in [0.4, 0.5) is 5.82 Å². The van der Waals surface area contributed by atoms with E-state index < -0.39 is 10.0 Å². The van der Waals surface area contributed by atoms with Crippen molar-refractivity contribution in [2.75, 3.05) is 31.7 Å². The molecule has 0 aliphatic heterocycles. The largest absolute Gasteiger partial charge is 0.369 e. The summed E-state index contributed by atoms with van der Waals surface area (Å²) in [6.45, 7) is 0.193. The fourth-order valence-electron chi connectivity index (χ4n) is 1.14. The molecule has 0 radical (unpaired) electrons. The zero-order valence-corrected chi connectivity index (χ0v) is 11.6. The fourth-order valence-corrected chi connectivity index (χ4v) is 2.08. The minimum atomic E-state index is -3.25. The number of rotatable bonds is 5. The van der Waals surface area contributed by atoms with Gasteiger partial charge in [-0.3, -0.25) is 0 Å². The summed E-state index contributed by atoms with van der Waals surface area (Å²) in [4.78, 5) is 3.94. The molecule has 0 aliphatic carbocycles. The van der Waals surface area contributed by atoms with Gasteiger partial charge in [0.1, 0.15) is 11.0 Å². The van der Waals surface area contributed by atoms with E-state index in [-0.39, 0.29) is 17.5 Å². The standard InChI is InChI=1S/C10H13ClN4O2S/c1-15(2)18(16,17)4-3-13-10-6-8(7-12)5-9(11)14-10/h5-6H,3-4H2,1-2H3,(H,13,14). The molecule has 18 heavy (non-hydrogen) atoms. The molecule has 98 valence electrons. The van der Waals surface area contributed by atoms with Gasteiger partial charge in [0.05, 0.1) is 17.4 Å². The Kier molecular flexibility index (Phi) is 4.90. The number of sulfonamides is 1. The zero-order chi connectivity index (χ0) is 13.8. The van der Waals surface area contributed by atoms with Crippen LogP contribution in [0.25, 0.3) is 0 Å². The monoisotopic (exact) mass is 288 g/mol. The molecule has 1 aromatic rings. The first-order valence-electron chi connectivity index (χ1n) is 5.07. The first-order valence-corrected chi connectivity index (χ1v) is 7.05. The highest BCUT2D eigenvalue weighted by molar-refractivity contribution is 7.89. The first-order chi connectivity index (χ1) is 8.35. The second-order valence-corrected chi connectivity index (χ2v) is 6.39. The predicted molar refractivity (Wildman–Crippen MR) is 69.9 cm³/mol. The number of hydrogen-bond donors (Lipinski definition) is 1. The molecule has 1 rings (SSSR count). The molecule has 6 nitrogen and oxygen atoms in total. The lowest BCUT2D eigenvalue weighted by Crippen LogP contribution is -2.28. The van der Waals surface area contributed by atoms with Gasteiger partial charge >= 0.3 is 0 Å².